The molecule has 3 nitrogen and oxygen atoms in total. The first-order valence-electron chi connectivity index (χ1n) is 5.46. The van der Waals surface area contributed by atoms with Gasteiger partial charge in [0, 0.05) is 18.3 Å². The summed E-state index contributed by atoms with van der Waals surface area (Å²) in [6.45, 7) is 14.9. The van der Waals surface area contributed by atoms with Crippen LogP contribution in [0.15, 0.2) is 0 Å². The second-order valence-electron chi connectivity index (χ2n) is 4.26. The van der Waals surface area contributed by atoms with E-state index in [2.05, 4.69) is 32.7 Å². The molecule has 0 aromatic carbocycles. The third kappa shape index (κ3) is 3.35. The standard InChI is InChI=1S/C10H25NO2Si/c1-7-11-14(12-8-2,13-9-3)10(4,5)6/h11H,7-9H2,1-6H3. The van der Waals surface area contributed by atoms with Crippen molar-refractivity contribution in [2.24, 2.45) is 0 Å². The van der Waals surface area contributed by atoms with Crippen LogP contribution >= 0.6 is 0 Å². The van der Waals surface area contributed by atoms with Gasteiger partial charge in [-0.1, -0.05) is 27.7 Å². The molecule has 0 aromatic heterocycles. The van der Waals surface area contributed by atoms with Gasteiger partial charge in [0.1, 0.15) is 0 Å². The smallest absolute Gasteiger partial charge is 0.383 e. The highest BCUT2D eigenvalue weighted by Gasteiger charge is 2.49. The molecule has 0 aliphatic heterocycles. The van der Waals surface area contributed by atoms with Gasteiger partial charge < -0.3 is 8.85 Å². The van der Waals surface area contributed by atoms with Gasteiger partial charge >= 0.3 is 8.72 Å². The van der Waals surface area contributed by atoms with Crippen LogP contribution in [0.25, 0.3) is 0 Å². The van der Waals surface area contributed by atoms with Gasteiger partial charge in [-0.15, -0.1) is 0 Å². The third-order valence-corrected chi connectivity index (χ3v) is 6.28. The Balaban J connectivity index is 4.73. The van der Waals surface area contributed by atoms with Crippen LogP contribution in [-0.4, -0.2) is 28.5 Å². The van der Waals surface area contributed by atoms with E-state index in [0.29, 0.717) is 13.2 Å². The molecule has 86 valence electrons. The van der Waals surface area contributed by atoms with Gasteiger partial charge in [0.05, 0.1) is 0 Å². The van der Waals surface area contributed by atoms with Crippen LogP contribution in [0.5, 0.6) is 0 Å². The van der Waals surface area contributed by atoms with Crippen molar-refractivity contribution in [3.05, 3.63) is 0 Å². The van der Waals surface area contributed by atoms with E-state index in [1.165, 1.54) is 0 Å². The highest BCUT2D eigenvalue weighted by atomic mass is 28.4. The number of hydrogen-bond acceptors (Lipinski definition) is 3. The van der Waals surface area contributed by atoms with Crippen molar-refractivity contribution in [2.45, 2.75) is 46.6 Å². The monoisotopic (exact) mass is 219 g/mol. The van der Waals surface area contributed by atoms with Crippen molar-refractivity contribution in [1.82, 2.24) is 4.98 Å². The Morgan fingerprint density at radius 3 is 1.64 bits per heavy atom. The van der Waals surface area contributed by atoms with Gasteiger partial charge in [-0.05, 0) is 20.4 Å². The summed E-state index contributed by atoms with van der Waals surface area (Å²) in [4.78, 5) is 3.43. The van der Waals surface area contributed by atoms with E-state index in [1.54, 1.807) is 0 Å². The topological polar surface area (TPSA) is 30.5 Å². The Kier molecular flexibility index (Phi) is 5.89. The minimum absolute atomic E-state index is 0.0506. The lowest BCUT2D eigenvalue weighted by Gasteiger charge is -2.40. The van der Waals surface area contributed by atoms with E-state index in [0.717, 1.165) is 6.54 Å². The van der Waals surface area contributed by atoms with Crippen LogP contribution < -0.4 is 4.98 Å². The maximum absolute atomic E-state index is 5.88. The number of nitrogens with one attached hydrogen (secondary N) is 1. The van der Waals surface area contributed by atoms with Crippen molar-refractivity contribution in [3.8, 4) is 0 Å². The average molecular weight is 219 g/mol. The first-order valence-corrected chi connectivity index (χ1v) is 7.28. The molecule has 0 fully saturated rings. The lowest BCUT2D eigenvalue weighted by atomic mass is 10.3. The molecule has 14 heavy (non-hydrogen) atoms. The predicted octanol–water partition coefficient (Wildman–Crippen LogP) is 2.41. The summed E-state index contributed by atoms with van der Waals surface area (Å²) in [5.41, 5.74) is 0. The average Bonchev–Trinajstić information content (AvgIpc) is 2.03. The molecule has 0 amide bonds. The molecule has 0 bridgehead atoms. The molecule has 0 saturated carbocycles. The zero-order chi connectivity index (χ0) is 11.2. The van der Waals surface area contributed by atoms with Crippen LogP contribution in [0, 0.1) is 0 Å². The van der Waals surface area contributed by atoms with Gasteiger partial charge in [0.25, 0.3) is 0 Å². The fourth-order valence-electron chi connectivity index (χ4n) is 1.48. The maximum Gasteiger partial charge on any atom is 0.430 e. The molecule has 0 radical (unpaired) electrons. The molecule has 1 N–H and O–H groups in total. The summed E-state index contributed by atoms with van der Waals surface area (Å²) in [5.74, 6) is 0. The second kappa shape index (κ2) is 5.85. The largest absolute Gasteiger partial charge is 0.430 e. The van der Waals surface area contributed by atoms with Crippen LogP contribution in [0.4, 0.5) is 0 Å². The van der Waals surface area contributed by atoms with Crippen molar-refractivity contribution in [1.29, 1.82) is 0 Å². The van der Waals surface area contributed by atoms with Crippen molar-refractivity contribution >= 4 is 8.72 Å². The van der Waals surface area contributed by atoms with Crippen LogP contribution in [0.3, 0.4) is 0 Å². The molecule has 0 atom stereocenters. The number of rotatable bonds is 6. The van der Waals surface area contributed by atoms with E-state index in [4.69, 9.17) is 8.85 Å². The Labute approximate surface area is 89.5 Å². The molecule has 0 aliphatic rings. The lowest BCUT2D eigenvalue weighted by molar-refractivity contribution is 0.149. The SMILES string of the molecule is CCN[Si](OCC)(OCC)C(C)(C)C. The van der Waals surface area contributed by atoms with E-state index in [-0.39, 0.29) is 5.04 Å². The minimum Gasteiger partial charge on any atom is -0.383 e. The summed E-state index contributed by atoms with van der Waals surface area (Å²) in [7, 11) is -2.25. The molecular formula is C10H25NO2Si. The molecule has 0 aliphatic carbocycles. The summed E-state index contributed by atoms with van der Waals surface area (Å²) < 4.78 is 11.8. The Morgan fingerprint density at radius 1 is 1.00 bits per heavy atom. The summed E-state index contributed by atoms with van der Waals surface area (Å²) in [6, 6.07) is 0. The van der Waals surface area contributed by atoms with E-state index in [9.17, 15) is 0 Å². The second-order valence-corrected chi connectivity index (χ2v) is 7.93. The summed E-state index contributed by atoms with van der Waals surface area (Å²) in [6.07, 6.45) is 0. The molecule has 0 unspecified atom stereocenters. The highest BCUT2D eigenvalue weighted by Crippen LogP contribution is 2.35. The van der Waals surface area contributed by atoms with Crippen molar-refractivity contribution in [3.63, 3.8) is 0 Å². The van der Waals surface area contributed by atoms with Crippen LogP contribution in [0.1, 0.15) is 41.5 Å². The van der Waals surface area contributed by atoms with Gasteiger partial charge in [0.15, 0.2) is 0 Å². The zero-order valence-corrected chi connectivity index (χ0v) is 11.4. The Bertz CT molecular complexity index is 140. The zero-order valence-electron chi connectivity index (χ0n) is 10.4. The van der Waals surface area contributed by atoms with Gasteiger partial charge in [-0.25, -0.2) is 0 Å². The van der Waals surface area contributed by atoms with Gasteiger partial charge in [0.2, 0.25) is 0 Å². The van der Waals surface area contributed by atoms with Gasteiger partial charge in [-0.3, -0.25) is 4.98 Å². The first-order chi connectivity index (χ1) is 6.43. The van der Waals surface area contributed by atoms with Gasteiger partial charge in [-0.2, -0.15) is 0 Å². The molecular weight excluding hydrogens is 194 g/mol. The molecule has 0 aromatic rings. The molecule has 0 spiro atoms. The fraction of sp³-hybridized carbons (Fsp3) is 1.00. The molecule has 4 heteroatoms. The van der Waals surface area contributed by atoms with Crippen LogP contribution in [0.2, 0.25) is 5.04 Å². The Hall–Kier alpha value is 0.0969. The summed E-state index contributed by atoms with van der Waals surface area (Å²) in [5, 5.41) is 0.0506. The molecule has 0 rings (SSSR count). The van der Waals surface area contributed by atoms with E-state index in [1.807, 2.05) is 13.8 Å². The normalized spacial score (nSPS) is 13.3. The van der Waals surface area contributed by atoms with Crippen LogP contribution in [-0.2, 0) is 8.85 Å². The van der Waals surface area contributed by atoms with Crippen molar-refractivity contribution in [2.75, 3.05) is 19.8 Å². The molecule has 0 heterocycles. The fourth-order valence-corrected chi connectivity index (χ4v) is 4.44. The van der Waals surface area contributed by atoms with E-state index >= 15 is 0 Å². The lowest BCUT2D eigenvalue weighted by Crippen LogP contribution is -2.62. The molecule has 0 saturated heterocycles. The summed E-state index contributed by atoms with van der Waals surface area (Å²) >= 11 is 0. The quantitative estimate of drug-likeness (QED) is 0.696. The maximum atomic E-state index is 5.88. The highest BCUT2D eigenvalue weighted by molar-refractivity contribution is 6.68. The van der Waals surface area contributed by atoms with E-state index < -0.39 is 8.72 Å². The third-order valence-electron chi connectivity index (χ3n) is 2.09. The predicted molar refractivity (Wildman–Crippen MR) is 62.4 cm³/mol. The first kappa shape index (κ1) is 14.1. The number of hydrogen-bond donors (Lipinski definition) is 1. The van der Waals surface area contributed by atoms with Crippen molar-refractivity contribution < 1.29 is 8.85 Å². The Morgan fingerprint density at radius 2 is 1.43 bits per heavy atom. The minimum atomic E-state index is -2.25.